The minimum Gasteiger partial charge on any atom is -0.444 e. The highest BCUT2D eigenvalue weighted by Crippen LogP contribution is 2.29. The third-order valence-electron chi connectivity index (χ3n) is 3.17. The molecule has 21 heavy (non-hydrogen) atoms. The molecule has 124 valence electrons. The lowest BCUT2D eigenvalue weighted by Crippen LogP contribution is -2.46. The Kier molecular flexibility index (Phi) is 5.83. The van der Waals surface area contributed by atoms with Gasteiger partial charge in [-0.15, -0.1) is 0 Å². The maximum Gasteiger partial charge on any atom is 0.410 e. The second kappa shape index (κ2) is 6.81. The lowest BCUT2D eigenvalue weighted by molar-refractivity contribution is -0.183. The lowest BCUT2D eigenvalue weighted by atomic mass is 10.1. The molecule has 1 heterocycles. The van der Waals surface area contributed by atoms with E-state index in [9.17, 15) is 22.4 Å². The summed E-state index contributed by atoms with van der Waals surface area (Å²) in [5, 5.41) is 0. The summed E-state index contributed by atoms with van der Waals surface area (Å²) in [6.45, 7) is 3.96. The third kappa shape index (κ3) is 5.68. The van der Waals surface area contributed by atoms with Crippen LogP contribution < -0.4 is 0 Å². The van der Waals surface area contributed by atoms with E-state index in [1.807, 2.05) is 0 Å². The van der Waals surface area contributed by atoms with Crippen molar-refractivity contribution in [3.05, 3.63) is 0 Å². The van der Waals surface area contributed by atoms with Gasteiger partial charge in [0.05, 0.1) is 0 Å². The number of amides is 1. The Balaban J connectivity index is 2.75. The third-order valence-corrected chi connectivity index (χ3v) is 3.17. The standard InChI is InChI=1S/C13H22F4N2O2/c1-12(2,3)21-11(20)19-6-4-10(13(15,16)17)18(7-5-14)8-9-19/h10H,4-9H2,1-3H3/t10-/m1/s1. The van der Waals surface area contributed by atoms with Crippen molar-refractivity contribution in [1.82, 2.24) is 9.80 Å². The van der Waals surface area contributed by atoms with Gasteiger partial charge in [-0.1, -0.05) is 0 Å². The molecule has 0 saturated carbocycles. The van der Waals surface area contributed by atoms with E-state index >= 15 is 0 Å². The Morgan fingerprint density at radius 1 is 1.19 bits per heavy atom. The fraction of sp³-hybridized carbons (Fsp3) is 0.923. The summed E-state index contributed by atoms with van der Waals surface area (Å²) in [6.07, 6.45) is -5.34. The van der Waals surface area contributed by atoms with Gasteiger partial charge < -0.3 is 9.64 Å². The van der Waals surface area contributed by atoms with Crippen LogP contribution in [-0.2, 0) is 4.74 Å². The van der Waals surface area contributed by atoms with Crippen LogP contribution >= 0.6 is 0 Å². The lowest BCUT2D eigenvalue weighted by Gasteiger charge is -2.29. The van der Waals surface area contributed by atoms with Gasteiger partial charge in [-0.3, -0.25) is 4.90 Å². The zero-order valence-electron chi connectivity index (χ0n) is 12.5. The quantitative estimate of drug-likeness (QED) is 0.735. The summed E-state index contributed by atoms with van der Waals surface area (Å²) in [5.74, 6) is 0. The summed E-state index contributed by atoms with van der Waals surface area (Å²) in [4.78, 5) is 14.2. The van der Waals surface area contributed by atoms with Crippen LogP contribution in [0.3, 0.4) is 0 Å². The molecule has 8 heteroatoms. The van der Waals surface area contributed by atoms with Crippen molar-refractivity contribution in [1.29, 1.82) is 0 Å². The molecule has 0 bridgehead atoms. The summed E-state index contributed by atoms with van der Waals surface area (Å²) in [7, 11) is 0. The summed E-state index contributed by atoms with van der Waals surface area (Å²) < 4.78 is 56.6. The Bertz CT molecular complexity index is 355. The van der Waals surface area contributed by atoms with Gasteiger partial charge in [0.2, 0.25) is 0 Å². The fourth-order valence-corrected chi connectivity index (χ4v) is 2.23. The maximum absolute atomic E-state index is 13.0. The second-order valence-electron chi connectivity index (χ2n) is 6.04. The molecule has 1 saturated heterocycles. The van der Waals surface area contributed by atoms with Crippen LogP contribution in [0.15, 0.2) is 0 Å². The predicted molar refractivity (Wildman–Crippen MR) is 69.8 cm³/mol. The molecule has 0 aliphatic carbocycles. The summed E-state index contributed by atoms with van der Waals surface area (Å²) >= 11 is 0. The second-order valence-corrected chi connectivity index (χ2v) is 6.04. The molecule has 1 rings (SSSR count). The molecule has 1 amide bonds. The minimum atomic E-state index is -4.43. The smallest absolute Gasteiger partial charge is 0.410 e. The van der Waals surface area contributed by atoms with Crippen molar-refractivity contribution < 1.29 is 27.1 Å². The fourth-order valence-electron chi connectivity index (χ4n) is 2.23. The van der Waals surface area contributed by atoms with E-state index in [-0.39, 0.29) is 32.6 Å². The van der Waals surface area contributed by atoms with Crippen LogP contribution in [-0.4, -0.2) is 66.6 Å². The van der Waals surface area contributed by atoms with E-state index in [4.69, 9.17) is 4.74 Å². The van der Waals surface area contributed by atoms with Crippen molar-refractivity contribution in [3.8, 4) is 0 Å². The Labute approximate surface area is 122 Å². The average Bonchev–Trinajstić information content (AvgIpc) is 2.49. The van der Waals surface area contributed by atoms with E-state index in [1.165, 1.54) is 4.90 Å². The predicted octanol–water partition coefficient (Wildman–Crippen LogP) is 2.83. The molecular formula is C13H22F4N2O2. The molecule has 1 atom stereocenters. The van der Waals surface area contributed by atoms with Gasteiger partial charge in [0.25, 0.3) is 0 Å². The largest absolute Gasteiger partial charge is 0.444 e. The molecule has 4 nitrogen and oxygen atoms in total. The average molecular weight is 314 g/mol. The molecule has 1 aliphatic rings. The molecule has 0 N–H and O–H groups in total. The number of ether oxygens (including phenoxy) is 1. The van der Waals surface area contributed by atoms with Crippen LogP contribution in [0.2, 0.25) is 0 Å². The van der Waals surface area contributed by atoms with Gasteiger partial charge in [-0.2, -0.15) is 13.2 Å². The van der Waals surface area contributed by atoms with Crippen LogP contribution in [0.4, 0.5) is 22.4 Å². The van der Waals surface area contributed by atoms with Gasteiger partial charge in [-0.05, 0) is 27.2 Å². The van der Waals surface area contributed by atoms with Crippen molar-refractivity contribution in [2.24, 2.45) is 0 Å². The first kappa shape index (κ1) is 18.0. The van der Waals surface area contributed by atoms with Crippen LogP contribution in [0.25, 0.3) is 0 Å². The van der Waals surface area contributed by atoms with Gasteiger partial charge in [0.1, 0.15) is 18.3 Å². The number of carbonyl (C=O) groups is 1. The first-order valence-corrected chi connectivity index (χ1v) is 6.89. The van der Waals surface area contributed by atoms with Crippen molar-refractivity contribution >= 4 is 6.09 Å². The molecule has 0 aromatic heterocycles. The highest BCUT2D eigenvalue weighted by Gasteiger charge is 2.45. The number of rotatable bonds is 2. The van der Waals surface area contributed by atoms with Gasteiger partial charge in [0, 0.05) is 26.2 Å². The van der Waals surface area contributed by atoms with Crippen LogP contribution in [0.5, 0.6) is 0 Å². The Morgan fingerprint density at radius 3 is 2.29 bits per heavy atom. The van der Waals surface area contributed by atoms with Gasteiger partial charge in [0.15, 0.2) is 0 Å². The Hall–Kier alpha value is -1.05. The highest BCUT2D eigenvalue weighted by molar-refractivity contribution is 5.68. The summed E-state index contributed by atoms with van der Waals surface area (Å²) in [6, 6.07) is -1.72. The highest BCUT2D eigenvalue weighted by atomic mass is 19.4. The van der Waals surface area contributed by atoms with Crippen LogP contribution in [0, 0.1) is 0 Å². The first-order chi connectivity index (χ1) is 9.54. The molecule has 1 aliphatic heterocycles. The van der Waals surface area contributed by atoms with Crippen molar-refractivity contribution in [2.45, 2.75) is 45.0 Å². The molecular weight excluding hydrogens is 292 g/mol. The summed E-state index contributed by atoms with van der Waals surface area (Å²) in [5.41, 5.74) is -0.703. The van der Waals surface area contributed by atoms with E-state index in [0.717, 1.165) is 4.90 Å². The van der Waals surface area contributed by atoms with Gasteiger partial charge >= 0.3 is 12.3 Å². The van der Waals surface area contributed by atoms with Crippen molar-refractivity contribution in [2.75, 3.05) is 32.9 Å². The number of hydrogen-bond acceptors (Lipinski definition) is 3. The number of nitrogens with zero attached hydrogens (tertiary/aromatic N) is 2. The van der Waals surface area contributed by atoms with E-state index < -0.39 is 30.6 Å². The SMILES string of the molecule is CC(C)(C)OC(=O)N1CC[C@H](C(F)(F)F)N(CCF)CC1. The van der Waals surface area contributed by atoms with E-state index in [2.05, 4.69) is 0 Å². The van der Waals surface area contributed by atoms with Gasteiger partial charge in [-0.25, -0.2) is 9.18 Å². The first-order valence-electron chi connectivity index (χ1n) is 6.89. The molecule has 0 spiro atoms. The molecule has 0 unspecified atom stereocenters. The topological polar surface area (TPSA) is 32.8 Å². The van der Waals surface area contributed by atoms with E-state index in [0.29, 0.717) is 0 Å². The zero-order chi connectivity index (χ0) is 16.3. The zero-order valence-corrected chi connectivity index (χ0v) is 12.5. The molecule has 0 aromatic carbocycles. The number of alkyl halides is 4. The normalized spacial score (nSPS) is 22.0. The van der Waals surface area contributed by atoms with E-state index in [1.54, 1.807) is 20.8 Å². The molecule has 0 aromatic rings. The Morgan fingerprint density at radius 2 is 1.81 bits per heavy atom. The number of hydrogen-bond donors (Lipinski definition) is 0. The number of halogens is 4. The molecule has 0 radical (unpaired) electrons. The maximum atomic E-state index is 13.0. The minimum absolute atomic E-state index is 0.0205. The monoisotopic (exact) mass is 314 g/mol. The van der Waals surface area contributed by atoms with Crippen LogP contribution in [0.1, 0.15) is 27.2 Å². The van der Waals surface area contributed by atoms with Crippen molar-refractivity contribution in [3.63, 3.8) is 0 Å². The molecule has 1 fully saturated rings. The number of carbonyl (C=O) groups excluding carboxylic acids is 1.